The maximum Gasteiger partial charge on any atom is 0.422 e. The van der Waals surface area contributed by atoms with Crippen LogP contribution in [0.5, 0.6) is 5.75 Å². The zero-order valence-electron chi connectivity index (χ0n) is 12.2. The molecule has 0 aliphatic heterocycles. The van der Waals surface area contributed by atoms with Crippen LogP contribution in [-0.4, -0.2) is 36.7 Å². The molecular weight excluding hydrogens is 283 g/mol. The Bertz CT molecular complexity index is 454. The minimum Gasteiger partial charge on any atom is -0.484 e. The Balaban J connectivity index is 2.57. The lowest BCUT2D eigenvalue weighted by molar-refractivity contribution is -0.153. The molecule has 0 unspecified atom stereocenters. The summed E-state index contributed by atoms with van der Waals surface area (Å²) >= 11 is 0. The van der Waals surface area contributed by atoms with Crippen LogP contribution in [0.3, 0.4) is 0 Å². The second kappa shape index (κ2) is 7.75. The summed E-state index contributed by atoms with van der Waals surface area (Å²) in [6.45, 7) is 4.60. The molecule has 1 rings (SSSR count). The van der Waals surface area contributed by atoms with Crippen molar-refractivity contribution in [1.82, 2.24) is 4.90 Å². The van der Waals surface area contributed by atoms with Crippen LogP contribution in [0.2, 0.25) is 0 Å². The Labute approximate surface area is 122 Å². The Kier molecular flexibility index (Phi) is 6.33. The fourth-order valence-electron chi connectivity index (χ4n) is 1.68. The van der Waals surface area contributed by atoms with Crippen LogP contribution in [0.15, 0.2) is 29.3 Å². The predicted molar refractivity (Wildman–Crippen MR) is 76.2 cm³/mol. The van der Waals surface area contributed by atoms with E-state index in [2.05, 4.69) is 9.73 Å². The van der Waals surface area contributed by atoms with Crippen molar-refractivity contribution in [2.24, 2.45) is 10.7 Å². The predicted octanol–water partition coefficient (Wildman–Crippen LogP) is 2.78. The Morgan fingerprint density at radius 3 is 2.24 bits per heavy atom. The number of hydrogen-bond acceptors (Lipinski definition) is 2. The highest BCUT2D eigenvalue weighted by Gasteiger charge is 2.28. The van der Waals surface area contributed by atoms with Crippen LogP contribution in [0.1, 0.15) is 19.4 Å². The average molecular weight is 303 g/mol. The van der Waals surface area contributed by atoms with E-state index in [4.69, 9.17) is 5.73 Å². The minimum atomic E-state index is -4.33. The SMILES string of the molecule is CCN(CC)C(N)=NCc1ccc(OCC(F)(F)F)cc1. The van der Waals surface area contributed by atoms with Crippen molar-refractivity contribution in [3.8, 4) is 5.75 Å². The smallest absolute Gasteiger partial charge is 0.422 e. The van der Waals surface area contributed by atoms with Gasteiger partial charge in [-0.05, 0) is 31.5 Å². The molecule has 0 aromatic heterocycles. The maximum atomic E-state index is 12.0. The quantitative estimate of drug-likeness (QED) is 0.649. The summed E-state index contributed by atoms with van der Waals surface area (Å²) in [5, 5.41) is 0. The highest BCUT2D eigenvalue weighted by atomic mass is 19.4. The van der Waals surface area contributed by atoms with Gasteiger partial charge in [0.2, 0.25) is 0 Å². The number of nitrogens with two attached hydrogens (primary N) is 1. The third-order valence-corrected chi connectivity index (χ3v) is 2.84. The van der Waals surface area contributed by atoms with Gasteiger partial charge in [0, 0.05) is 13.1 Å². The molecule has 0 saturated carbocycles. The van der Waals surface area contributed by atoms with Crippen LogP contribution in [-0.2, 0) is 6.54 Å². The van der Waals surface area contributed by atoms with Crippen molar-refractivity contribution in [3.05, 3.63) is 29.8 Å². The molecule has 0 spiro atoms. The molecule has 0 heterocycles. The maximum absolute atomic E-state index is 12.0. The van der Waals surface area contributed by atoms with E-state index < -0.39 is 12.8 Å². The first-order chi connectivity index (χ1) is 9.85. The van der Waals surface area contributed by atoms with E-state index in [1.165, 1.54) is 12.1 Å². The summed E-state index contributed by atoms with van der Waals surface area (Å²) in [7, 11) is 0. The first kappa shape index (κ1) is 17.1. The number of halogens is 3. The summed E-state index contributed by atoms with van der Waals surface area (Å²) in [6, 6.07) is 6.32. The molecule has 0 bridgehead atoms. The van der Waals surface area contributed by atoms with E-state index in [9.17, 15) is 13.2 Å². The molecule has 0 saturated heterocycles. The van der Waals surface area contributed by atoms with Crippen molar-refractivity contribution in [3.63, 3.8) is 0 Å². The van der Waals surface area contributed by atoms with Crippen LogP contribution in [0, 0.1) is 0 Å². The summed E-state index contributed by atoms with van der Waals surface area (Å²) in [6.07, 6.45) is -4.33. The third kappa shape index (κ3) is 6.37. The zero-order valence-corrected chi connectivity index (χ0v) is 12.2. The molecule has 0 aliphatic rings. The summed E-state index contributed by atoms with van der Waals surface area (Å²) in [5.74, 6) is 0.633. The first-order valence-corrected chi connectivity index (χ1v) is 6.69. The van der Waals surface area contributed by atoms with Gasteiger partial charge in [0.1, 0.15) is 5.75 Å². The molecule has 1 aromatic carbocycles. The van der Waals surface area contributed by atoms with E-state index in [0.717, 1.165) is 18.7 Å². The van der Waals surface area contributed by atoms with Gasteiger partial charge in [0.05, 0.1) is 6.54 Å². The fraction of sp³-hybridized carbons (Fsp3) is 0.500. The second-order valence-electron chi connectivity index (χ2n) is 4.39. The van der Waals surface area contributed by atoms with Gasteiger partial charge in [-0.25, -0.2) is 4.99 Å². The molecule has 0 atom stereocenters. The van der Waals surface area contributed by atoms with Gasteiger partial charge in [-0.3, -0.25) is 0 Å². The molecule has 1 aromatic rings. The van der Waals surface area contributed by atoms with Crippen LogP contribution >= 0.6 is 0 Å². The van der Waals surface area contributed by atoms with Gasteiger partial charge in [0.15, 0.2) is 12.6 Å². The Morgan fingerprint density at radius 2 is 1.76 bits per heavy atom. The lowest BCUT2D eigenvalue weighted by Crippen LogP contribution is -2.37. The standard InChI is InChI=1S/C14H20F3N3O/c1-3-20(4-2)13(18)19-9-11-5-7-12(8-6-11)21-10-14(15,16)17/h5-8H,3-4,9-10H2,1-2H3,(H2,18,19). The molecule has 21 heavy (non-hydrogen) atoms. The number of guanidine groups is 1. The molecular formula is C14H20F3N3O. The van der Waals surface area contributed by atoms with Crippen molar-refractivity contribution in [2.45, 2.75) is 26.6 Å². The molecule has 118 valence electrons. The largest absolute Gasteiger partial charge is 0.484 e. The summed E-state index contributed by atoms with van der Waals surface area (Å²) < 4.78 is 40.7. The summed E-state index contributed by atoms with van der Waals surface area (Å²) in [4.78, 5) is 6.17. The van der Waals surface area contributed by atoms with E-state index in [0.29, 0.717) is 12.5 Å². The number of ether oxygens (including phenoxy) is 1. The molecule has 0 amide bonds. The van der Waals surface area contributed by atoms with Crippen LogP contribution < -0.4 is 10.5 Å². The van der Waals surface area contributed by atoms with Gasteiger partial charge in [-0.1, -0.05) is 12.1 Å². The van der Waals surface area contributed by atoms with E-state index >= 15 is 0 Å². The van der Waals surface area contributed by atoms with Crippen LogP contribution in [0.4, 0.5) is 13.2 Å². The topological polar surface area (TPSA) is 50.8 Å². The van der Waals surface area contributed by atoms with Crippen molar-refractivity contribution < 1.29 is 17.9 Å². The number of benzene rings is 1. The van der Waals surface area contributed by atoms with Gasteiger partial charge < -0.3 is 15.4 Å². The molecule has 0 radical (unpaired) electrons. The van der Waals surface area contributed by atoms with Crippen LogP contribution in [0.25, 0.3) is 0 Å². The van der Waals surface area contributed by atoms with E-state index in [1.807, 2.05) is 18.7 Å². The fourth-order valence-corrected chi connectivity index (χ4v) is 1.68. The minimum absolute atomic E-state index is 0.178. The molecule has 7 heteroatoms. The van der Waals surface area contributed by atoms with Gasteiger partial charge in [-0.2, -0.15) is 13.2 Å². The monoisotopic (exact) mass is 303 g/mol. The van der Waals surface area contributed by atoms with Gasteiger partial charge >= 0.3 is 6.18 Å². The van der Waals surface area contributed by atoms with Crippen molar-refractivity contribution in [1.29, 1.82) is 0 Å². The molecule has 0 fully saturated rings. The number of hydrogen-bond donors (Lipinski definition) is 1. The average Bonchev–Trinajstić information content (AvgIpc) is 2.44. The second-order valence-corrected chi connectivity index (χ2v) is 4.39. The summed E-state index contributed by atoms with van der Waals surface area (Å²) in [5.41, 5.74) is 6.69. The molecule has 0 aliphatic carbocycles. The van der Waals surface area contributed by atoms with Gasteiger partial charge in [0.25, 0.3) is 0 Å². The normalized spacial score (nSPS) is 12.3. The Hall–Kier alpha value is -1.92. The van der Waals surface area contributed by atoms with Crippen molar-refractivity contribution in [2.75, 3.05) is 19.7 Å². The third-order valence-electron chi connectivity index (χ3n) is 2.84. The number of aliphatic imine (C=N–C) groups is 1. The highest BCUT2D eigenvalue weighted by Crippen LogP contribution is 2.19. The lowest BCUT2D eigenvalue weighted by Gasteiger charge is -2.19. The first-order valence-electron chi connectivity index (χ1n) is 6.69. The molecule has 2 N–H and O–H groups in total. The molecule has 4 nitrogen and oxygen atoms in total. The van der Waals surface area contributed by atoms with E-state index in [1.54, 1.807) is 12.1 Å². The highest BCUT2D eigenvalue weighted by molar-refractivity contribution is 5.77. The van der Waals surface area contributed by atoms with Crippen molar-refractivity contribution >= 4 is 5.96 Å². The number of nitrogens with zero attached hydrogens (tertiary/aromatic N) is 2. The Morgan fingerprint density at radius 1 is 1.19 bits per heavy atom. The lowest BCUT2D eigenvalue weighted by atomic mass is 10.2. The number of alkyl halides is 3. The zero-order chi connectivity index (χ0) is 15.9. The van der Waals surface area contributed by atoms with E-state index in [-0.39, 0.29) is 5.75 Å². The number of rotatable bonds is 6. The van der Waals surface area contributed by atoms with Gasteiger partial charge in [-0.15, -0.1) is 0 Å².